The molecule has 2 unspecified atom stereocenters. The zero-order valence-electron chi connectivity index (χ0n) is 10.8. The molecule has 0 aromatic rings. The second kappa shape index (κ2) is 6.31. The second-order valence-corrected chi connectivity index (χ2v) is 4.65. The van der Waals surface area contributed by atoms with Crippen LogP contribution in [0.5, 0.6) is 0 Å². The van der Waals surface area contributed by atoms with Crippen LogP contribution in [0.15, 0.2) is 11.6 Å². The van der Waals surface area contributed by atoms with E-state index < -0.39 is 48.6 Å². The van der Waals surface area contributed by atoms with Crippen molar-refractivity contribution in [1.29, 1.82) is 0 Å². The van der Waals surface area contributed by atoms with Crippen molar-refractivity contribution in [3.05, 3.63) is 11.6 Å². The summed E-state index contributed by atoms with van der Waals surface area (Å²) in [5.41, 5.74) is -5.46. The molecule has 0 saturated heterocycles. The van der Waals surface area contributed by atoms with Crippen LogP contribution in [0.1, 0.15) is 26.7 Å². The highest BCUT2D eigenvalue weighted by Gasteiger charge is 2.70. The van der Waals surface area contributed by atoms with Crippen LogP contribution in [0.2, 0.25) is 0 Å². The van der Waals surface area contributed by atoms with E-state index in [-0.39, 0.29) is 0 Å². The van der Waals surface area contributed by atoms with Crippen LogP contribution >= 0.6 is 0 Å². The third-order valence-electron chi connectivity index (χ3n) is 2.46. The van der Waals surface area contributed by atoms with Gasteiger partial charge < -0.3 is 15.3 Å². The summed E-state index contributed by atoms with van der Waals surface area (Å²) in [7, 11) is 0. The lowest BCUT2D eigenvalue weighted by Gasteiger charge is -2.33. The Morgan fingerprint density at radius 1 is 1.00 bits per heavy atom. The standard InChI is InChI=1S/C11H16F6O3/c1-6(18)3-8(4-7(2)19)5-9(20,10(12,13)14)11(15,16)17/h3,6-7,18-20H,4-5H2,1-2H3. The molecule has 0 aliphatic heterocycles. The highest BCUT2D eigenvalue weighted by Crippen LogP contribution is 2.47. The highest BCUT2D eigenvalue weighted by molar-refractivity contribution is 5.13. The normalized spacial score (nSPS) is 18.1. The van der Waals surface area contributed by atoms with Crippen molar-refractivity contribution in [2.45, 2.75) is 56.9 Å². The Kier molecular flexibility index (Phi) is 6.06. The van der Waals surface area contributed by atoms with Gasteiger partial charge in [-0.2, -0.15) is 26.3 Å². The molecule has 20 heavy (non-hydrogen) atoms. The van der Waals surface area contributed by atoms with Crippen LogP contribution in [0, 0.1) is 0 Å². The first-order valence-corrected chi connectivity index (χ1v) is 5.62. The van der Waals surface area contributed by atoms with E-state index in [1.54, 1.807) is 0 Å². The maximum absolute atomic E-state index is 12.5. The van der Waals surface area contributed by atoms with Crippen molar-refractivity contribution >= 4 is 0 Å². The summed E-state index contributed by atoms with van der Waals surface area (Å²) < 4.78 is 75.1. The highest BCUT2D eigenvalue weighted by atomic mass is 19.4. The fraction of sp³-hybridized carbons (Fsp3) is 0.818. The lowest BCUT2D eigenvalue weighted by molar-refractivity contribution is -0.367. The number of rotatable bonds is 5. The summed E-state index contributed by atoms with van der Waals surface area (Å²) in [5.74, 6) is 0. The van der Waals surface area contributed by atoms with Gasteiger partial charge in [0, 0.05) is 6.42 Å². The van der Waals surface area contributed by atoms with Gasteiger partial charge in [0.15, 0.2) is 0 Å². The smallest absolute Gasteiger partial charge is 0.393 e. The Bertz CT molecular complexity index is 329. The summed E-state index contributed by atoms with van der Waals surface area (Å²) in [6.45, 7) is 2.29. The van der Waals surface area contributed by atoms with Crippen molar-refractivity contribution < 1.29 is 41.7 Å². The summed E-state index contributed by atoms with van der Waals surface area (Å²) >= 11 is 0. The number of aliphatic hydroxyl groups excluding tert-OH is 2. The van der Waals surface area contributed by atoms with Gasteiger partial charge in [0.2, 0.25) is 0 Å². The molecule has 0 fully saturated rings. The number of hydrogen-bond donors (Lipinski definition) is 3. The van der Waals surface area contributed by atoms with E-state index in [1.165, 1.54) is 0 Å². The van der Waals surface area contributed by atoms with Crippen molar-refractivity contribution in [2.24, 2.45) is 0 Å². The molecule has 0 radical (unpaired) electrons. The van der Waals surface area contributed by atoms with Gasteiger partial charge in [-0.1, -0.05) is 11.6 Å². The van der Waals surface area contributed by atoms with Crippen LogP contribution in [-0.4, -0.2) is 45.5 Å². The van der Waals surface area contributed by atoms with E-state index in [0.717, 1.165) is 19.9 Å². The van der Waals surface area contributed by atoms with Crippen LogP contribution in [0.3, 0.4) is 0 Å². The van der Waals surface area contributed by atoms with Crippen molar-refractivity contribution in [1.82, 2.24) is 0 Å². The molecule has 0 aliphatic carbocycles. The van der Waals surface area contributed by atoms with Crippen molar-refractivity contribution in [3.63, 3.8) is 0 Å². The van der Waals surface area contributed by atoms with Crippen LogP contribution < -0.4 is 0 Å². The number of halogens is 6. The molecule has 0 aromatic carbocycles. The van der Waals surface area contributed by atoms with Crippen LogP contribution in [0.25, 0.3) is 0 Å². The molecular weight excluding hydrogens is 294 g/mol. The van der Waals surface area contributed by atoms with E-state index in [4.69, 9.17) is 15.3 Å². The molecule has 0 aromatic heterocycles. The Hall–Kier alpha value is -0.800. The van der Waals surface area contributed by atoms with E-state index in [9.17, 15) is 26.3 Å². The van der Waals surface area contributed by atoms with Crippen LogP contribution in [0.4, 0.5) is 26.3 Å². The molecule has 0 rings (SSSR count). The minimum absolute atomic E-state index is 0.528. The summed E-state index contributed by atoms with van der Waals surface area (Å²) in [6.07, 6.45) is -16.0. The minimum Gasteiger partial charge on any atom is -0.393 e. The molecule has 0 amide bonds. The minimum atomic E-state index is -5.93. The Morgan fingerprint density at radius 3 is 1.65 bits per heavy atom. The van der Waals surface area contributed by atoms with E-state index in [1.807, 2.05) is 0 Å². The SMILES string of the molecule is CC(O)C=C(CC(C)O)CC(O)(C(F)(F)F)C(F)(F)F. The predicted octanol–water partition coefficient (Wildman–Crippen LogP) is 2.31. The van der Waals surface area contributed by atoms with Gasteiger partial charge in [-0.05, 0) is 20.3 Å². The molecule has 2 atom stereocenters. The Labute approximate surface area is 111 Å². The van der Waals surface area contributed by atoms with Gasteiger partial charge in [-0.25, -0.2) is 0 Å². The molecule has 0 bridgehead atoms. The zero-order chi connectivity index (χ0) is 16.4. The van der Waals surface area contributed by atoms with E-state index >= 15 is 0 Å². The Balaban J connectivity index is 5.53. The largest absolute Gasteiger partial charge is 0.426 e. The topological polar surface area (TPSA) is 60.7 Å². The van der Waals surface area contributed by atoms with Gasteiger partial charge in [-0.15, -0.1) is 0 Å². The summed E-state index contributed by atoms with van der Waals surface area (Å²) in [4.78, 5) is 0. The Morgan fingerprint density at radius 2 is 1.40 bits per heavy atom. The maximum atomic E-state index is 12.5. The fourth-order valence-electron chi connectivity index (χ4n) is 1.61. The van der Waals surface area contributed by atoms with Gasteiger partial charge in [0.25, 0.3) is 5.60 Å². The molecule has 0 spiro atoms. The third kappa shape index (κ3) is 4.95. The predicted molar refractivity (Wildman–Crippen MR) is 57.7 cm³/mol. The first kappa shape index (κ1) is 19.2. The molecule has 9 heteroatoms. The molecule has 3 nitrogen and oxygen atoms in total. The molecule has 0 aliphatic rings. The van der Waals surface area contributed by atoms with Gasteiger partial charge >= 0.3 is 12.4 Å². The molecule has 120 valence electrons. The number of aliphatic hydroxyl groups is 3. The van der Waals surface area contributed by atoms with Gasteiger partial charge in [0.05, 0.1) is 12.2 Å². The van der Waals surface area contributed by atoms with Gasteiger partial charge in [-0.3, -0.25) is 0 Å². The lowest BCUT2D eigenvalue weighted by Crippen LogP contribution is -2.57. The molecule has 0 heterocycles. The maximum Gasteiger partial charge on any atom is 0.426 e. The monoisotopic (exact) mass is 310 g/mol. The quantitative estimate of drug-likeness (QED) is 0.539. The van der Waals surface area contributed by atoms with Crippen LogP contribution in [-0.2, 0) is 0 Å². The van der Waals surface area contributed by atoms with Crippen molar-refractivity contribution in [3.8, 4) is 0 Å². The summed E-state index contributed by atoms with van der Waals surface area (Å²) in [5, 5.41) is 27.1. The molecule has 3 N–H and O–H groups in total. The first-order chi connectivity index (χ1) is 8.70. The summed E-state index contributed by atoms with van der Waals surface area (Å²) in [6, 6.07) is 0. The molecular formula is C11H16F6O3. The zero-order valence-corrected chi connectivity index (χ0v) is 10.8. The van der Waals surface area contributed by atoms with E-state index in [0.29, 0.717) is 0 Å². The van der Waals surface area contributed by atoms with Gasteiger partial charge in [0.1, 0.15) is 0 Å². The number of hydrogen-bond acceptors (Lipinski definition) is 3. The average Bonchev–Trinajstić information content (AvgIpc) is 2.10. The van der Waals surface area contributed by atoms with E-state index in [2.05, 4.69) is 0 Å². The lowest BCUT2D eigenvalue weighted by atomic mass is 9.89. The molecule has 0 saturated carbocycles. The fourth-order valence-corrected chi connectivity index (χ4v) is 1.61. The average molecular weight is 310 g/mol. The third-order valence-corrected chi connectivity index (χ3v) is 2.46. The second-order valence-electron chi connectivity index (χ2n) is 4.65. The number of alkyl halides is 6. The first-order valence-electron chi connectivity index (χ1n) is 5.62. The van der Waals surface area contributed by atoms with Crippen molar-refractivity contribution in [2.75, 3.05) is 0 Å².